The lowest BCUT2D eigenvalue weighted by molar-refractivity contribution is 0.0618. The lowest BCUT2D eigenvalue weighted by Crippen LogP contribution is -2.47. The summed E-state index contributed by atoms with van der Waals surface area (Å²) in [6, 6.07) is 4.45. The Bertz CT molecular complexity index is 458. The third-order valence-corrected chi connectivity index (χ3v) is 3.81. The zero-order valence-electron chi connectivity index (χ0n) is 10.4. The van der Waals surface area contributed by atoms with Gasteiger partial charge in [0.25, 0.3) is 5.91 Å². The highest BCUT2D eigenvalue weighted by molar-refractivity contribution is 9.10. The van der Waals surface area contributed by atoms with Gasteiger partial charge < -0.3 is 10.6 Å². The Balaban J connectivity index is 0.00000180. The number of carbonyl (C=O) groups excluding carboxylic acids is 1. The van der Waals surface area contributed by atoms with E-state index in [1.54, 1.807) is 11.0 Å². The Hall–Kier alpha value is -0.650. The van der Waals surface area contributed by atoms with Crippen molar-refractivity contribution in [2.45, 2.75) is 25.3 Å². The monoisotopic (exact) mass is 350 g/mol. The Kier molecular flexibility index (Phi) is 6.23. The Morgan fingerprint density at radius 3 is 2.89 bits per heavy atom. The van der Waals surface area contributed by atoms with Gasteiger partial charge in [0.2, 0.25) is 0 Å². The van der Waals surface area contributed by atoms with Gasteiger partial charge in [0.1, 0.15) is 5.82 Å². The van der Waals surface area contributed by atoms with E-state index in [2.05, 4.69) is 15.9 Å². The van der Waals surface area contributed by atoms with Gasteiger partial charge in [-0.1, -0.05) is 15.9 Å². The van der Waals surface area contributed by atoms with Gasteiger partial charge in [0.05, 0.1) is 5.56 Å². The molecule has 1 fully saturated rings. The third kappa shape index (κ3) is 3.68. The molecule has 1 unspecified atom stereocenters. The molecule has 0 radical (unpaired) electrons. The maximum Gasteiger partial charge on any atom is 0.257 e. The summed E-state index contributed by atoms with van der Waals surface area (Å²) in [5, 5.41) is 0. The number of likely N-dealkylation sites (tertiary alicyclic amines) is 1. The lowest BCUT2D eigenvalue weighted by atomic mass is 10.0. The van der Waals surface area contributed by atoms with Crippen molar-refractivity contribution in [2.75, 3.05) is 13.1 Å². The van der Waals surface area contributed by atoms with Gasteiger partial charge in [-0.25, -0.2) is 4.39 Å². The van der Waals surface area contributed by atoms with Crippen LogP contribution in [0.1, 0.15) is 29.6 Å². The fourth-order valence-electron chi connectivity index (χ4n) is 2.33. The molecule has 1 atom stereocenters. The van der Waals surface area contributed by atoms with E-state index in [0.717, 1.165) is 19.3 Å². The molecule has 2 N–H and O–H groups in total. The molecule has 0 bridgehead atoms. The molecule has 0 aromatic heterocycles. The quantitative estimate of drug-likeness (QED) is 0.890. The van der Waals surface area contributed by atoms with E-state index >= 15 is 0 Å². The predicted octanol–water partition coefficient (Wildman–Crippen LogP) is 2.96. The first-order chi connectivity index (χ1) is 8.63. The van der Waals surface area contributed by atoms with Gasteiger partial charge >= 0.3 is 0 Å². The van der Waals surface area contributed by atoms with Crippen molar-refractivity contribution in [3.8, 4) is 0 Å². The standard InChI is InChI=1S/C13H16BrFN2O.ClH/c14-9-4-5-12(15)11(7-9)13(18)17-6-2-1-3-10(17)8-16;/h4-5,7,10H,1-3,6,8,16H2;1H. The second-order valence-corrected chi connectivity index (χ2v) is 5.42. The highest BCUT2D eigenvalue weighted by Crippen LogP contribution is 2.22. The number of halogens is 3. The number of rotatable bonds is 2. The Labute approximate surface area is 126 Å². The van der Waals surface area contributed by atoms with Crippen molar-refractivity contribution in [1.29, 1.82) is 0 Å². The molecule has 19 heavy (non-hydrogen) atoms. The summed E-state index contributed by atoms with van der Waals surface area (Å²) < 4.78 is 14.4. The van der Waals surface area contributed by atoms with Crippen LogP contribution in [0.2, 0.25) is 0 Å². The first-order valence-electron chi connectivity index (χ1n) is 6.09. The zero-order valence-corrected chi connectivity index (χ0v) is 12.8. The second kappa shape index (κ2) is 7.22. The van der Waals surface area contributed by atoms with Gasteiger partial charge in [0.15, 0.2) is 0 Å². The second-order valence-electron chi connectivity index (χ2n) is 4.51. The molecule has 1 heterocycles. The Morgan fingerprint density at radius 2 is 2.21 bits per heavy atom. The number of nitrogens with zero attached hydrogens (tertiary/aromatic N) is 1. The maximum absolute atomic E-state index is 13.7. The number of hydrogen-bond acceptors (Lipinski definition) is 2. The normalized spacial score (nSPS) is 18.9. The van der Waals surface area contributed by atoms with E-state index in [0.29, 0.717) is 17.6 Å². The van der Waals surface area contributed by atoms with Crippen LogP contribution in [-0.2, 0) is 0 Å². The molecule has 6 heteroatoms. The van der Waals surface area contributed by atoms with Crippen molar-refractivity contribution >= 4 is 34.2 Å². The summed E-state index contributed by atoms with van der Waals surface area (Å²) in [4.78, 5) is 14.1. The predicted molar refractivity (Wildman–Crippen MR) is 79.1 cm³/mol. The number of hydrogen-bond donors (Lipinski definition) is 1. The van der Waals surface area contributed by atoms with E-state index in [4.69, 9.17) is 5.73 Å². The summed E-state index contributed by atoms with van der Waals surface area (Å²) in [6.07, 6.45) is 2.93. The van der Waals surface area contributed by atoms with Crippen molar-refractivity contribution in [1.82, 2.24) is 4.90 Å². The minimum absolute atomic E-state index is 0. The first-order valence-corrected chi connectivity index (χ1v) is 6.89. The minimum atomic E-state index is -0.482. The van der Waals surface area contributed by atoms with Crippen molar-refractivity contribution in [2.24, 2.45) is 5.73 Å². The number of benzene rings is 1. The van der Waals surface area contributed by atoms with Gasteiger partial charge in [-0.3, -0.25) is 4.79 Å². The van der Waals surface area contributed by atoms with Crippen molar-refractivity contribution in [3.63, 3.8) is 0 Å². The lowest BCUT2D eigenvalue weighted by Gasteiger charge is -2.35. The van der Waals surface area contributed by atoms with Crippen LogP contribution in [0.15, 0.2) is 22.7 Å². The van der Waals surface area contributed by atoms with Crippen LogP contribution >= 0.6 is 28.3 Å². The largest absolute Gasteiger partial charge is 0.334 e. The van der Waals surface area contributed by atoms with Gasteiger partial charge in [-0.15, -0.1) is 12.4 Å². The van der Waals surface area contributed by atoms with Crippen LogP contribution in [0.4, 0.5) is 4.39 Å². The summed E-state index contributed by atoms with van der Waals surface area (Å²) >= 11 is 3.26. The highest BCUT2D eigenvalue weighted by Gasteiger charge is 2.27. The average molecular weight is 352 g/mol. The van der Waals surface area contributed by atoms with Crippen LogP contribution in [0.3, 0.4) is 0 Å². The summed E-state index contributed by atoms with van der Waals surface area (Å²) in [5.74, 6) is -0.742. The van der Waals surface area contributed by atoms with Gasteiger partial charge in [-0.05, 0) is 37.5 Å². The highest BCUT2D eigenvalue weighted by atomic mass is 79.9. The van der Waals surface area contributed by atoms with Crippen molar-refractivity contribution < 1.29 is 9.18 Å². The molecule has 1 aliphatic rings. The van der Waals surface area contributed by atoms with E-state index in [9.17, 15) is 9.18 Å². The summed E-state index contributed by atoms with van der Waals surface area (Å²) in [7, 11) is 0. The smallest absolute Gasteiger partial charge is 0.257 e. The molecule has 0 spiro atoms. The van der Waals surface area contributed by atoms with Gasteiger partial charge in [-0.2, -0.15) is 0 Å². The molecular weight excluding hydrogens is 335 g/mol. The molecule has 0 saturated carbocycles. The molecule has 1 saturated heterocycles. The van der Waals surface area contributed by atoms with Gasteiger partial charge in [0, 0.05) is 23.6 Å². The minimum Gasteiger partial charge on any atom is -0.334 e. The number of carbonyl (C=O) groups is 1. The van der Waals surface area contributed by atoms with E-state index in [1.165, 1.54) is 12.1 Å². The molecule has 106 valence electrons. The van der Waals surface area contributed by atoms with Crippen LogP contribution in [0.5, 0.6) is 0 Å². The topological polar surface area (TPSA) is 46.3 Å². The SMILES string of the molecule is Cl.NCC1CCCCN1C(=O)c1cc(Br)ccc1F. The molecular formula is C13H17BrClFN2O. The summed E-state index contributed by atoms with van der Waals surface area (Å²) in [6.45, 7) is 1.09. The van der Waals surface area contributed by atoms with E-state index in [1.807, 2.05) is 0 Å². The molecule has 0 aliphatic carbocycles. The fourth-order valence-corrected chi connectivity index (χ4v) is 2.69. The van der Waals surface area contributed by atoms with Crippen LogP contribution in [0, 0.1) is 5.82 Å². The van der Waals surface area contributed by atoms with Crippen molar-refractivity contribution in [3.05, 3.63) is 34.1 Å². The number of piperidine rings is 1. The summed E-state index contributed by atoms with van der Waals surface area (Å²) in [5.41, 5.74) is 5.80. The zero-order chi connectivity index (χ0) is 13.1. The average Bonchev–Trinajstić information content (AvgIpc) is 2.40. The number of nitrogens with two attached hydrogens (primary N) is 1. The maximum atomic E-state index is 13.7. The third-order valence-electron chi connectivity index (χ3n) is 3.32. The van der Waals surface area contributed by atoms with Crippen LogP contribution < -0.4 is 5.73 Å². The van der Waals surface area contributed by atoms with E-state index < -0.39 is 5.82 Å². The first kappa shape index (κ1) is 16.4. The number of amides is 1. The Morgan fingerprint density at radius 1 is 1.47 bits per heavy atom. The molecule has 2 rings (SSSR count). The molecule has 1 amide bonds. The molecule has 1 aromatic carbocycles. The van der Waals surface area contributed by atoms with Crippen LogP contribution in [0.25, 0.3) is 0 Å². The fraction of sp³-hybridized carbons (Fsp3) is 0.462. The molecule has 1 aromatic rings. The van der Waals surface area contributed by atoms with E-state index in [-0.39, 0.29) is 29.9 Å². The molecule has 3 nitrogen and oxygen atoms in total. The molecule has 1 aliphatic heterocycles. The van der Waals surface area contributed by atoms with Crippen LogP contribution in [-0.4, -0.2) is 29.9 Å².